The Morgan fingerprint density at radius 1 is 1.46 bits per heavy atom. The number of hydrogen-bond acceptors (Lipinski definition) is 1. The van der Waals surface area contributed by atoms with Crippen molar-refractivity contribution in [1.82, 2.24) is 0 Å². The zero-order chi connectivity index (χ0) is 9.73. The van der Waals surface area contributed by atoms with Gasteiger partial charge in [0.05, 0.1) is 0 Å². The molecular formula is C11H21ClO. The van der Waals surface area contributed by atoms with E-state index in [0.717, 1.165) is 31.4 Å². The smallest absolute Gasteiger partial charge is 0.0466 e. The number of rotatable bonds is 7. The van der Waals surface area contributed by atoms with Gasteiger partial charge in [-0.15, -0.1) is 11.6 Å². The van der Waals surface area contributed by atoms with Crippen LogP contribution >= 0.6 is 11.6 Å². The van der Waals surface area contributed by atoms with Crippen LogP contribution in [0.25, 0.3) is 0 Å². The molecule has 0 heterocycles. The fourth-order valence-electron chi connectivity index (χ4n) is 1.88. The molecule has 0 N–H and O–H groups in total. The van der Waals surface area contributed by atoms with Crippen molar-refractivity contribution in [3.63, 3.8) is 0 Å². The molecule has 1 nitrogen and oxygen atoms in total. The quantitative estimate of drug-likeness (QED) is 0.456. The first-order valence-corrected chi connectivity index (χ1v) is 5.90. The molecule has 13 heavy (non-hydrogen) atoms. The minimum Gasteiger partial charge on any atom is -0.382 e. The fraction of sp³-hybridized carbons (Fsp3) is 1.00. The summed E-state index contributed by atoms with van der Waals surface area (Å²) < 4.78 is 5.33. The monoisotopic (exact) mass is 204 g/mol. The van der Waals surface area contributed by atoms with Gasteiger partial charge in [0.1, 0.15) is 0 Å². The van der Waals surface area contributed by atoms with Gasteiger partial charge in [0, 0.05) is 19.1 Å². The second kappa shape index (κ2) is 5.21. The Labute approximate surface area is 86.8 Å². The van der Waals surface area contributed by atoms with Crippen LogP contribution in [0.3, 0.4) is 0 Å². The lowest BCUT2D eigenvalue weighted by atomic mass is 9.82. The van der Waals surface area contributed by atoms with Crippen LogP contribution in [-0.4, -0.2) is 19.1 Å². The third-order valence-corrected chi connectivity index (χ3v) is 3.72. The van der Waals surface area contributed by atoms with Crippen molar-refractivity contribution in [2.24, 2.45) is 11.3 Å². The second-order valence-corrected chi connectivity index (χ2v) is 4.63. The minimum atomic E-state index is 0.388. The van der Waals surface area contributed by atoms with Crippen LogP contribution in [0.1, 0.15) is 39.5 Å². The zero-order valence-electron chi connectivity index (χ0n) is 8.81. The van der Waals surface area contributed by atoms with Gasteiger partial charge in [0.2, 0.25) is 0 Å². The zero-order valence-corrected chi connectivity index (χ0v) is 9.57. The first-order valence-electron chi connectivity index (χ1n) is 5.36. The third kappa shape index (κ3) is 3.47. The summed E-state index contributed by atoms with van der Waals surface area (Å²) in [5.41, 5.74) is 0.388. The van der Waals surface area contributed by atoms with E-state index in [4.69, 9.17) is 16.3 Å². The fourth-order valence-corrected chi connectivity index (χ4v) is 2.23. The van der Waals surface area contributed by atoms with E-state index < -0.39 is 0 Å². The Balaban J connectivity index is 2.15. The van der Waals surface area contributed by atoms with Gasteiger partial charge in [-0.1, -0.05) is 6.92 Å². The molecule has 1 unspecified atom stereocenters. The van der Waals surface area contributed by atoms with Crippen LogP contribution < -0.4 is 0 Å². The molecule has 2 heteroatoms. The van der Waals surface area contributed by atoms with E-state index >= 15 is 0 Å². The van der Waals surface area contributed by atoms with Crippen molar-refractivity contribution >= 4 is 11.6 Å². The lowest BCUT2D eigenvalue weighted by molar-refractivity contribution is 0.129. The summed E-state index contributed by atoms with van der Waals surface area (Å²) in [5, 5.41) is 0. The molecule has 0 saturated heterocycles. The van der Waals surface area contributed by atoms with Gasteiger partial charge in [0.15, 0.2) is 0 Å². The second-order valence-electron chi connectivity index (χ2n) is 4.36. The van der Waals surface area contributed by atoms with Crippen molar-refractivity contribution in [3.8, 4) is 0 Å². The van der Waals surface area contributed by atoms with E-state index in [1.54, 1.807) is 0 Å². The summed E-state index contributed by atoms with van der Waals surface area (Å²) in [6, 6.07) is 0. The Kier molecular flexibility index (Phi) is 4.54. The van der Waals surface area contributed by atoms with Crippen LogP contribution in [0.2, 0.25) is 0 Å². The van der Waals surface area contributed by atoms with Crippen LogP contribution in [0.4, 0.5) is 0 Å². The highest BCUT2D eigenvalue weighted by molar-refractivity contribution is 6.18. The third-order valence-electron chi connectivity index (χ3n) is 3.11. The van der Waals surface area contributed by atoms with E-state index in [9.17, 15) is 0 Å². The molecular weight excluding hydrogens is 184 g/mol. The maximum Gasteiger partial charge on any atom is 0.0466 e. The van der Waals surface area contributed by atoms with Gasteiger partial charge in [-0.25, -0.2) is 0 Å². The van der Waals surface area contributed by atoms with Crippen molar-refractivity contribution in [2.75, 3.05) is 19.1 Å². The molecule has 0 spiro atoms. The largest absolute Gasteiger partial charge is 0.382 e. The van der Waals surface area contributed by atoms with Gasteiger partial charge in [0.25, 0.3) is 0 Å². The van der Waals surface area contributed by atoms with Gasteiger partial charge in [-0.3, -0.25) is 0 Å². The Hall–Kier alpha value is 0.250. The van der Waals surface area contributed by atoms with E-state index in [-0.39, 0.29) is 0 Å². The summed E-state index contributed by atoms with van der Waals surface area (Å²) in [6.07, 6.45) is 5.16. The van der Waals surface area contributed by atoms with E-state index in [0.29, 0.717) is 5.41 Å². The van der Waals surface area contributed by atoms with Crippen LogP contribution in [0, 0.1) is 11.3 Å². The first kappa shape index (κ1) is 11.3. The average Bonchev–Trinajstić information content (AvgIpc) is 2.95. The first-order chi connectivity index (χ1) is 6.23. The molecule has 1 rings (SSSR count). The van der Waals surface area contributed by atoms with E-state index in [2.05, 4.69) is 6.92 Å². The standard InChI is InChI=1S/C11H21ClO/c1-3-13-8-4-7-11(2,9-12)10-5-6-10/h10H,3-9H2,1-2H3. The molecule has 0 aromatic heterocycles. The summed E-state index contributed by atoms with van der Waals surface area (Å²) in [4.78, 5) is 0. The molecule has 1 aliphatic carbocycles. The Bertz CT molecular complexity index is 145. The predicted molar refractivity (Wildman–Crippen MR) is 57.3 cm³/mol. The average molecular weight is 205 g/mol. The Morgan fingerprint density at radius 2 is 2.15 bits per heavy atom. The summed E-state index contributed by atoms with van der Waals surface area (Å²) >= 11 is 6.02. The Morgan fingerprint density at radius 3 is 2.62 bits per heavy atom. The van der Waals surface area contributed by atoms with Gasteiger partial charge >= 0.3 is 0 Å². The maximum atomic E-state index is 6.02. The molecule has 0 aliphatic heterocycles. The van der Waals surface area contributed by atoms with Crippen molar-refractivity contribution in [2.45, 2.75) is 39.5 Å². The van der Waals surface area contributed by atoms with Gasteiger partial charge in [-0.2, -0.15) is 0 Å². The summed E-state index contributed by atoms with van der Waals surface area (Å²) in [6.45, 7) is 6.10. The van der Waals surface area contributed by atoms with Crippen molar-refractivity contribution in [1.29, 1.82) is 0 Å². The lowest BCUT2D eigenvalue weighted by Crippen LogP contribution is -2.21. The van der Waals surface area contributed by atoms with Crippen LogP contribution in [-0.2, 0) is 4.74 Å². The molecule has 0 bridgehead atoms. The molecule has 1 atom stereocenters. The van der Waals surface area contributed by atoms with Gasteiger partial charge in [-0.05, 0) is 43.9 Å². The summed E-state index contributed by atoms with van der Waals surface area (Å²) in [7, 11) is 0. The molecule has 1 aliphatic rings. The number of halogens is 1. The molecule has 78 valence electrons. The molecule has 0 amide bonds. The normalized spacial score (nSPS) is 21.5. The minimum absolute atomic E-state index is 0.388. The molecule has 0 radical (unpaired) electrons. The van der Waals surface area contributed by atoms with Gasteiger partial charge < -0.3 is 4.74 Å². The SMILES string of the molecule is CCOCCCC(C)(CCl)C1CC1. The highest BCUT2D eigenvalue weighted by Crippen LogP contribution is 2.48. The maximum absolute atomic E-state index is 6.02. The predicted octanol–water partition coefficient (Wildman–Crippen LogP) is 3.46. The van der Waals surface area contributed by atoms with Crippen LogP contribution in [0.15, 0.2) is 0 Å². The molecule has 0 aromatic rings. The summed E-state index contributed by atoms with van der Waals surface area (Å²) in [5.74, 6) is 1.70. The van der Waals surface area contributed by atoms with Crippen LogP contribution in [0.5, 0.6) is 0 Å². The molecule has 1 saturated carbocycles. The van der Waals surface area contributed by atoms with Crippen molar-refractivity contribution < 1.29 is 4.74 Å². The molecule has 1 fully saturated rings. The highest BCUT2D eigenvalue weighted by Gasteiger charge is 2.40. The number of ether oxygens (including phenoxy) is 1. The lowest BCUT2D eigenvalue weighted by Gasteiger charge is -2.26. The van der Waals surface area contributed by atoms with E-state index in [1.165, 1.54) is 19.3 Å². The number of alkyl halides is 1. The molecule has 0 aromatic carbocycles. The topological polar surface area (TPSA) is 9.23 Å². The van der Waals surface area contributed by atoms with E-state index in [1.807, 2.05) is 6.92 Å². The number of hydrogen-bond donors (Lipinski definition) is 0. The van der Waals surface area contributed by atoms with Crippen molar-refractivity contribution in [3.05, 3.63) is 0 Å². The highest BCUT2D eigenvalue weighted by atomic mass is 35.5.